The molecule has 1 aromatic carbocycles. The molecule has 0 saturated heterocycles. The predicted molar refractivity (Wildman–Crippen MR) is 79.9 cm³/mol. The Hall–Kier alpha value is -2.73. The largest absolute Gasteiger partial charge is 0.355 e. The van der Waals surface area contributed by atoms with E-state index in [1.165, 1.54) is 7.05 Å². The summed E-state index contributed by atoms with van der Waals surface area (Å²) in [6, 6.07) is 10.1. The smallest absolute Gasteiger partial charge is 0.274 e. The van der Waals surface area contributed by atoms with Gasteiger partial charge in [0.1, 0.15) is 5.69 Å². The number of amides is 2. The number of nitrogens with zero attached hydrogens (tertiary/aromatic N) is 1. The van der Waals surface area contributed by atoms with Gasteiger partial charge in [0, 0.05) is 19.8 Å². The van der Waals surface area contributed by atoms with Gasteiger partial charge in [-0.05, 0) is 23.8 Å². The zero-order chi connectivity index (χ0) is 15.2. The van der Waals surface area contributed by atoms with Gasteiger partial charge in [0.05, 0.1) is 11.3 Å². The summed E-state index contributed by atoms with van der Waals surface area (Å²) in [6.07, 6.45) is 1.56. The molecule has 6 nitrogen and oxygen atoms in total. The van der Waals surface area contributed by atoms with Gasteiger partial charge >= 0.3 is 0 Å². The molecule has 21 heavy (non-hydrogen) atoms. The Balaban J connectivity index is 2.21. The van der Waals surface area contributed by atoms with Crippen molar-refractivity contribution >= 4 is 17.5 Å². The predicted octanol–water partition coefficient (Wildman–Crippen LogP) is 1.15. The third-order valence-corrected chi connectivity index (χ3v) is 2.94. The zero-order valence-corrected chi connectivity index (χ0v) is 11.6. The summed E-state index contributed by atoms with van der Waals surface area (Å²) in [7, 11) is 1.54. The lowest BCUT2D eigenvalue weighted by molar-refractivity contribution is 0.0964. The highest BCUT2D eigenvalue weighted by molar-refractivity contribution is 6.08. The minimum Gasteiger partial charge on any atom is -0.355 e. The molecule has 0 aliphatic rings. The number of rotatable bonds is 4. The van der Waals surface area contributed by atoms with Crippen LogP contribution in [0.3, 0.4) is 0 Å². The van der Waals surface area contributed by atoms with E-state index >= 15 is 0 Å². The third kappa shape index (κ3) is 3.43. The Morgan fingerprint density at radius 3 is 2.52 bits per heavy atom. The quantitative estimate of drug-likeness (QED) is 0.784. The lowest BCUT2D eigenvalue weighted by Crippen LogP contribution is -2.21. The first-order chi connectivity index (χ1) is 10.2. The highest BCUT2D eigenvalue weighted by atomic mass is 16.2. The molecule has 1 heterocycles. The van der Waals surface area contributed by atoms with Crippen LogP contribution < -0.4 is 16.4 Å². The molecule has 0 aliphatic carbocycles. The van der Waals surface area contributed by atoms with E-state index in [4.69, 9.17) is 5.73 Å². The number of pyridine rings is 1. The summed E-state index contributed by atoms with van der Waals surface area (Å²) in [4.78, 5) is 27.9. The maximum absolute atomic E-state index is 12.1. The van der Waals surface area contributed by atoms with E-state index in [1.54, 1.807) is 42.6 Å². The van der Waals surface area contributed by atoms with E-state index in [0.717, 1.165) is 5.56 Å². The minimum atomic E-state index is -0.380. The topological polar surface area (TPSA) is 97.1 Å². The van der Waals surface area contributed by atoms with Crippen molar-refractivity contribution in [1.29, 1.82) is 0 Å². The zero-order valence-electron chi connectivity index (χ0n) is 11.6. The standard InChI is InChI=1S/C15H16N4O2/c1-17-14(20)11-4-2-3-5-12(11)19-15(21)13-7-6-10(8-16)9-18-13/h2-7,9H,8,16H2,1H3,(H,17,20)(H,19,21). The number of hydrogen-bond donors (Lipinski definition) is 3. The van der Waals surface area contributed by atoms with Crippen molar-refractivity contribution in [3.63, 3.8) is 0 Å². The van der Waals surface area contributed by atoms with Crippen LogP contribution >= 0.6 is 0 Å². The number of carbonyl (C=O) groups excluding carboxylic acids is 2. The van der Waals surface area contributed by atoms with Gasteiger partial charge < -0.3 is 16.4 Å². The molecule has 0 bridgehead atoms. The van der Waals surface area contributed by atoms with Crippen molar-refractivity contribution in [2.75, 3.05) is 12.4 Å². The molecule has 0 aliphatic heterocycles. The van der Waals surface area contributed by atoms with Gasteiger partial charge in [-0.2, -0.15) is 0 Å². The van der Waals surface area contributed by atoms with Gasteiger partial charge in [-0.15, -0.1) is 0 Å². The number of benzene rings is 1. The van der Waals surface area contributed by atoms with Gasteiger partial charge in [0.25, 0.3) is 11.8 Å². The first kappa shape index (κ1) is 14.7. The molecule has 0 saturated carbocycles. The molecule has 0 atom stereocenters. The molecule has 2 rings (SSSR count). The maximum atomic E-state index is 12.1. The second kappa shape index (κ2) is 6.62. The SMILES string of the molecule is CNC(=O)c1ccccc1NC(=O)c1ccc(CN)cn1. The van der Waals surface area contributed by atoms with Crippen LogP contribution in [0.1, 0.15) is 26.4 Å². The molecular weight excluding hydrogens is 268 g/mol. The van der Waals surface area contributed by atoms with Crippen LogP contribution in [0.4, 0.5) is 5.69 Å². The summed E-state index contributed by atoms with van der Waals surface area (Å²) in [5.41, 5.74) is 7.42. The number of hydrogen-bond acceptors (Lipinski definition) is 4. The number of anilines is 1. The molecule has 0 spiro atoms. The molecule has 0 radical (unpaired) electrons. The number of nitrogens with one attached hydrogen (secondary N) is 2. The number of para-hydroxylation sites is 1. The summed E-state index contributed by atoms with van der Waals surface area (Å²) in [6.45, 7) is 0.369. The second-order valence-electron chi connectivity index (χ2n) is 4.33. The third-order valence-electron chi connectivity index (χ3n) is 2.94. The highest BCUT2D eigenvalue weighted by Gasteiger charge is 2.13. The normalized spacial score (nSPS) is 10.0. The van der Waals surface area contributed by atoms with E-state index < -0.39 is 0 Å². The molecule has 0 unspecified atom stereocenters. The van der Waals surface area contributed by atoms with Crippen molar-refractivity contribution in [2.24, 2.45) is 5.73 Å². The second-order valence-corrected chi connectivity index (χ2v) is 4.33. The summed E-state index contributed by atoms with van der Waals surface area (Å²) in [5.74, 6) is -0.646. The Kier molecular flexibility index (Phi) is 4.63. The highest BCUT2D eigenvalue weighted by Crippen LogP contribution is 2.15. The maximum Gasteiger partial charge on any atom is 0.274 e. The summed E-state index contributed by atoms with van der Waals surface area (Å²) < 4.78 is 0. The van der Waals surface area contributed by atoms with E-state index in [0.29, 0.717) is 17.8 Å². The van der Waals surface area contributed by atoms with E-state index in [2.05, 4.69) is 15.6 Å². The van der Waals surface area contributed by atoms with Crippen LogP contribution in [0, 0.1) is 0 Å². The van der Waals surface area contributed by atoms with Crippen LogP contribution in [-0.2, 0) is 6.54 Å². The molecule has 6 heteroatoms. The monoisotopic (exact) mass is 284 g/mol. The average molecular weight is 284 g/mol. The lowest BCUT2D eigenvalue weighted by Gasteiger charge is -2.09. The molecule has 2 amide bonds. The van der Waals surface area contributed by atoms with Gasteiger partial charge in [0.2, 0.25) is 0 Å². The van der Waals surface area contributed by atoms with Crippen LogP contribution in [0.2, 0.25) is 0 Å². The molecule has 4 N–H and O–H groups in total. The van der Waals surface area contributed by atoms with Crippen molar-refractivity contribution in [3.8, 4) is 0 Å². The molecule has 2 aromatic rings. The van der Waals surface area contributed by atoms with Crippen LogP contribution in [0.25, 0.3) is 0 Å². The van der Waals surface area contributed by atoms with Crippen LogP contribution in [0.5, 0.6) is 0 Å². The lowest BCUT2D eigenvalue weighted by atomic mass is 10.1. The first-order valence-corrected chi connectivity index (χ1v) is 6.43. The molecule has 0 fully saturated rings. The Morgan fingerprint density at radius 1 is 1.14 bits per heavy atom. The Morgan fingerprint density at radius 2 is 1.90 bits per heavy atom. The molecular formula is C15H16N4O2. The number of nitrogens with two attached hydrogens (primary N) is 1. The van der Waals surface area contributed by atoms with Crippen molar-refractivity contribution in [3.05, 3.63) is 59.4 Å². The van der Waals surface area contributed by atoms with Gasteiger partial charge in [-0.3, -0.25) is 14.6 Å². The van der Waals surface area contributed by atoms with Crippen molar-refractivity contribution < 1.29 is 9.59 Å². The fourth-order valence-electron chi connectivity index (χ4n) is 1.79. The fraction of sp³-hybridized carbons (Fsp3) is 0.133. The van der Waals surface area contributed by atoms with Gasteiger partial charge in [0.15, 0.2) is 0 Å². The number of aromatic nitrogens is 1. The number of carbonyl (C=O) groups is 2. The van der Waals surface area contributed by atoms with Crippen molar-refractivity contribution in [2.45, 2.75) is 6.54 Å². The van der Waals surface area contributed by atoms with E-state index in [9.17, 15) is 9.59 Å². The molecule has 1 aromatic heterocycles. The van der Waals surface area contributed by atoms with Crippen LogP contribution in [0.15, 0.2) is 42.6 Å². The summed E-state index contributed by atoms with van der Waals surface area (Å²) >= 11 is 0. The van der Waals surface area contributed by atoms with Crippen LogP contribution in [-0.4, -0.2) is 23.8 Å². The Bertz CT molecular complexity index is 653. The Labute approximate surface area is 122 Å². The molecule has 108 valence electrons. The van der Waals surface area contributed by atoms with Gasteiger partial charge in [-0.25, -0.2) is 0 Å². The van der Waals surface area contributed by atoms with Gasteiger partial charge in [-0.1, -0.05) is 18.2 Å². The van der Waals surface area contributed by atoms with Crippen molar-refractivity contribution in [1.82, 2.24) is 10.3 Å². The average Bonchev–Trinajstić information content (AvgIpc) is 2.54. The fourth-order valence-corrected chi connectivity index (χ4v) is 1.79. The first-order valence-electron chi connectivity index (χ1n) is 6.43. The minimum absolute atomic E-state index is 0.263. The van der Waals surface area contributed by atoms with E-state index in [1.807, 2.05) is 0 Å². The van der Waals surface area contributed by atoms with E-state index in [-0.39, 0.29) is 17.5 Å². The summed E-state index contributed by atoms with van der Waals surface area (Å²) in [5, 5.41) is 5.22.